The van der Waals surface area contributed by atoms with Crippen LogP contribution in [-0.4, -0.2) is 63.3 Å². The van der Waals surface area contributed by atoms with Gasteiger partial charge in [-0.05, 0) is 83.8 Å². The highest BCUT2D eigenvalue weighted by Crippen LogP contribution is 2.27. The zero-order chi connectivity index (χ0) is 19.8. The molecular formula is C23H31IN2O2. The molecule has 0 saturated carbocycles. The molecule has 5 heteroatoms. The Bertz CT molecular complexity index is 745. The summed E-state index contributed by atoms with van der Waals surface area (Å²) in [4.78, 5) is 5.19. The van der Waals surface area contributed by atoms with E-state index >= 15 is 0 Å². The van der Waals surface area contributed by atoms with Gasteiger partial charge >= 0.3 is 0 Å². The van der Waals surface area contributed by atoms with E-state index in [1.54, 1.807) is 14.2 Å². The van der Waals surface area contributed by atoms with Crippen LogP contribution in [-0.2, 0) is 12.8 Å². The van der Waals surface area contributed by atoms with Crippen molar-refractivity contribution >= 4 is 22.6 Å². The third-order valence-corrected chi connectivity index (χ3v) is 6.13. The summed E-state index contributed by atoms with van der Waals surface area (Å²) < 4.78 is 12.1. The first-order valence-corrected chi connectivity index (χ1v) is 11.2. The Morgan fingerprint density at radius 3 is 2.14 bits per heavy atom. The zero-order valence-corrected chi connectivity index (χ0v) is 19.2. The number of hydrogen-bond donors (Lipinski definition) is 0. The van der Waals surface area contributed by atoms with E-state index < -0.39 is 0 Å². The first kappa shape index (κ1) is 21.4. The molecule has 0 radical (unpaired) electrons. The van der Waals surface area contributed by atoms with Gasteiger partial charge in [0.15, 0.2) is 11.5 Å². The van der Waals surface area contributed by atoms with Crippen molar-refractivity contribution in [3.05, 3.63) is 57.2 Å². The van der Waals surface area contributed by atoms with E-state index in [1.165, 1.54) is 47.2 Å². The van der Waals surface area contributed by atoms with Crippen molar-refractivity contribution in [3.63, 3.8) is 0 Å². The van der Waals surface area contributed by atoms with Crippen molar-refractivity contribution in [3.8, 4) is 11.5 Å². The predicted octanol–water partition coefficient (Wildman–Crippen LogP) is 4.10. The molecule has 1 aliphatic rings. The third-order valence-electron chi connectivity index (χ3n) is 5.46. The lowest BCUT2D eigenvalue weighted by molar-refractivity contribution is 0.132. The van der Waals surface area contributed by atoms with Crippen LogP contribution in [0.4, 0.5) is 0 Å². The van der Waals surface area contributed by atoms with E-state index in [1.807, 2.05) is 6.07 Å². The second kappa shape index (κ2) is 11.0. The predicted molar refractivity (Wildman–Crippen MR) is 124 cm³/mol. The molecular weight excluding hydrogens is 461 g/mol. The van der Waals surface area contributed by atoms with Gasteiger partial charge in [-0.3, -0.25) is 0 Å². The summed E-state index contributed by atoms with van der Waals surface area (Å²) in [5.41, 5.74) is 2.76. The first-order valence-electron chi connectivity index (χ1n) is 10.1. The van der Waals surface area contributed by atoms with E-state index in [4.69, 9.17) is 9.47 Å². The summed E-state index contributed by atoms with van der Waals surface area (Å²) in [6, 6.07) is 15.1. The number of aryl methyl sites for hydroxylation is 1. The van der Waals surface area contributed by atoms with Gasteiger partial charge in [0.1, 0.15) is 0 Å². The Morgan fingerprint density at radius 2 is 1.46 bits per heavy atom. The Labute approximate surface area is 183 Å². The van der Waals surface area contributed by atoms with E-state index in [-0.39, 0.29) is 0 Å². The molecule has 1 fully saturated rings. The Balaban J connectivity index is 1.36. The molecule has 0 atom stereocenters. The minimum absolute atomic E-state index is 0.796. The van der Waals surface area contributed by atoms with Crippen LogP contribution in [0, 0.1) is 3.57 Å². The fourth-order valence-electron chi connectivity index (χ4n) is 3.76. The van der Waals surface area contributed by atoms with Crippen LogP contribution in [0.1, 0.15) is 17.5 Å². The normalized spacial score (nSPS) is 15.5. The third kappa shape index (κ3) is 6.36. The molecule has 152 valence electrons. The molecule has 0 spiro atoms. The number of ether oxygens (including phenoxy) is 2. The maximum absolute atomic E-state index is 5.41. The van der Waals surface area contributed by atoms with Gasteiger partial charge in [0, 0.05) is 36.3 Å². The molecule has 0 aliphatic carbocycles. The minimum Gasteiger partial charge on any atom is -0.493 e. The van der Waals surface area contributed by atoms with Crippen LogP contribution in [0.25, 0.3) is 0 Å². The van der Waals surface area contributed by atoms with Gasteiger partial charge in [-0.1, -0.05) is 18.2 Å². The number of halogens is 1. The van der Waals surface area contributed by atoms with Crippen molar-refractivity contribution in [1.82, 2.24) is 9.80 Å². The maximum atomic E-state index is 5.41. The molecule has 28 heavy (non-hydrogen) atoms. The molecule has 0 N–H and O–H groups in total. The molecule has 0 aromatic heterocycles. The Hall–Kier alpha value is -1.31. The Kier molecular flexibility index (Phi) is 8.43. The monoisotopic (exact) mass is 492 g/mol. The Morgan fingerprint density at radius 1 is 0.786 bits per heavy atom. The van der Waals surface area contributed by atoms with E-state index in [0.29, 0.717) is 0 Å². The minimum atomic E-state index is 0.796. The smallest absolute Gasteiger partial charge is 0.160 e. The quantitative estimate of drug-likeness (QED) is 0.493. The molecule has 0 bridgehead atoms. The summed E-state index contributed by atoms with van der Waals surface area (Å²) in [6.07, 6.45) is 3.47. The summed E-state index contributed by atoms with van der Waals surface area (Å²) >= 11 is 2.39. The van der Waals surface area contributed by atoms with Gasteiger partial charge in [-0.25, -0.2) is 0 Å². The summed E-state index contributed by atoms with van der Waals surface area (Å²) in [6.45, 7) is 6.99. The highest BCUT2D eigenvalue weighted by molar-refractivity contribution is 14.1. The lowest BCUT2D eigenvalue weighted by Gasteiger charge is -2.34. The molecule has 2 aromatic carbocycles. The van der Waals surface area contributed by atoms with Gasteiger partial charge in [-0.2, -0.15) is 0 Å². The van der Waals surface area contributed by atoms with E-state index in [0.717, 1.165) is 37.6 Å². The number of piperazine rings is 1. The molecule has 0 amide bonds. The second-order valence-electron chi connectivity index (χ2n) is 7.36. The average molecular weight is 492 g/mol. The van der Waals surface area contributed by atoms with Crippen LogP contribution >= 0.6 is 22.6 Å². The zero-order valence-electron chi connectivity index (χ0n) is 17.0. The largest absolute Gasteiger partial charge is 0.493 e. The number of nitrogens with zero attached hydrogens (tertiary/aromatic N) is 2. The molecule has 1 saturated heterocycles. The van der Waals surface area contributed by atoms with Crippen molar-refractivity contribution in [2.45, 2.75) is 19.3 Å². The van der Waals surface area contributed by atoms with Crippen molar-refractivity contribution in [2.24, 2.45) is 0 Å². The molecule has 1 heterocycles. The lowest BCUT2D eigenvalue weighted by atomic mass is 10.1. The summed E-state index contributed by atoms with van der Waals surface area (Å²) in [7, 11) is 3.37. The van der Waals surface area contributed by atoms with Crippen LogP contribution < -0.4 is 9.47 Å². The molecule has 1 aliphatic heterocycles. The number of benzene rings is 2. The first-order chi connectivity index (χ1) is 13.7. The fourth-order valence-corrected chi connectivity index (χ4v) is 4.37. The molecule has 4 nitrogen and oxygen atoms in total. The van der Waals surface area contributed by atoms with Gasteiger partial charge < -0.3 is 19.3 Å². The summed E-state index contributed by atoms with van der Waals surface area (Å²) in [5, 5.41) is 0. The van der Waals surface area contributed by atoms with Crippen molar-refractivity contribution in [1.29, 1.82) is 0 Å². The van der Waals surface area contributed by atoms with Crippen molar-refractivity contribution < 1.29 is 9.47 Å². The number of hydrogen-bond acceptors (Lipinski definition) is 4. The topological polar surface area (TPSA) is 24.9 Å². The van der Waals surface area contributed by atoms with Crippen LogP contribution in [0.15, 0.2) is 42.5 Å². The maximum Gasteiger partial charge on any atom is 0.160 e. The highest BCUT2D eigenvalue weighted by Gasteiger charge is 2.16. The molecule has 3 rings (SSSR count). The molecule has 0 unspecified atom stereocenters. The van der Waals surface area contributed by atoms with E-state index in [9.17, 15) is 0 Å². The lowest BCUT2D eigenvalue weighted by Crippen LogP contribution is -2.47. The van der Waals surface area contributed by atoms with Crippen LogP contribution in [0.5, 0.6) is 11.5 Å². The second-order valence-corrected chi connectivity index (χ2v) is 8.60. The fraction of sp³-hybridized carbons (Fsp3) is 0.478. The average Bonchev–Trinajstić information content (AvgIpc) is 2.73. The van der Waals surface area contributed by atoms with Crippen molar-refractivity contribution in [2.75, 3.05) is 53.5 Å². The van der Waals surface area contributed by atoms with Gasteiger partial charge in [0.2, 0.25) is 0 Å². The standard InChI is InChI=1S/C23H31IN2O2/c1-27-22-9-8-20(18-23(22)28-2)10-12-26-15-13-25(14-16-26)11-4-6-19-5-3-7-21(24)17-19/h3,5,7-9,17-18H,4,6,10-16H2,1-2H3/i24-2. The summed E-state index contributed by atoms with van der Waals surface area (Å²) in [5.74, 6) is 1.61. The van der Waals surface area contributed by atoms with Gasteiger partial charge in [0.25, 0.3) is 0 Å². The molecule has 2 aromatic rings. The highest BCUT2D eigenvalue weighted by atomic mass is 125. The van der Waals surface area contributed by atoms with Gasteiger partial charge in [-0.15, -0.1) is 0 Å². The number of methoxy groups -OCH3 is 2. The van der Waals surface area contributed by atoms with Crippen LogP contribution in [0.3, 0.4) is 0 Å². The number of rotatable bonds is 9. The van der Waals surface area contributed by atoms with Gasteiger partial charge in [0.05, 0.1) is 14.2 Å². The SMILES string of the molecule is COc1ccc(CCN2CCN(CCCc3cccc([125I])c3)CC2)cc1OC. The van der Waals surface area contributed by atoms with E-state index in [2.05, 4.69) is 68.8 Å². The van der Waals surface area contributed by atoms with Crippen LogP contribution in [0.2, 0.25) is 0 Å².